The number of nitrogens with one attached hydrogen (secondary N) is 1. The van der Waals surface area contributed by atoms with E-state index >= 15 is 0 Å². The Morgan fingerprint density at radius 2 is 2.03 bits per heavy atom. The third kappa shape index (κ3) is 4.02. The molecular weight excluding hydrogens is 366 g/mol. The van der Waals surface area contributed by atoms with Gasteiger partial charge in [0, 0.05) is 11.1 Å². The number of hydrogen-bond donors (Lipinski definition) is 1. The van der Waals surface area contributed by atoms with Crippen molar-refractivity contribution in [1.29, 1.82) is 5.26 Å². The fourth-order valence-electron chi connectivity index (χ4n) is 3.43. The van der Waals surface area contributed by atoms with Crippen LogP contribution in [0.3, 0.4) is 0 Å². The van der Waals surface area contributed by atoms with Crippen LogP contribution in [0, 0.1) is 16.7 Å². The lowest BCUT2D eigenvalue weighted by molar-refractivity contribution is -0.126. The molecular formula is C22H27N5O2. The summed E-state index contributed by atoms with van der Waals surface area (Å²) in [6.45, 7) is 10.7. The Balaban J connectivity index is 1.99. The quantitative estimate of drug-likeness (QED) is 0.845. The number of rotatable bonds is 4. The van der Waals surface area contributed by atoms with Crippen LogP contribution in [0.25, 0.3) is 0 Å². The van der Waals surface area contributed by atoms with Crippen molar-refractivity contribution in [3.8, 4) is 11.8 Å². The number of hydrogen-bond acceptors (Lipinski definition) is 6. The van der Waals surface area contributed by atoms with Crippen molar-refractivity contribution in [3.63, 3.8) is 0 Å². The molecule has 1 aliphatic heterocycles. The lowest BCUT2D eigenvalue weighted by Crippen LogP contribution is -2.44. The smallest absolute Gasteiger partial charge is 0.232 e. The summed E-state index contributed by atoms with van der Waals surface area (Å²) in [4.78, 5) is 14.7. The molecule has 152 valence electrons. The number of fused-ring (bicyclic) bond motifs is 1. The van der Waals surface area contributed by atoms with Crippen LogP contribution in [-0.4, -0.2) is 29.3 Å². The number of amides is 1. The van der Waals surface area contributed by atoms with Gasteiger partial charge in [0.2, 0.25) is 5.91 Å². The largest absolute Gasteiger partial charge is 0.490 e. The molecule has 3 rings (SSSR count). The standard InChI is InChI=1S/C22H27N5O2/c1-6-15-16(13-23)20(26-25-17(15)7-2)24-14-8-9-19-18(12-14)27(10-11-29-19)21(28)22(3,4)5/h8-9,12H,6-7,10-11H2,1-5H3,(H,24,26). The lowest BCUT2D eigenvalue weighted by atomic mass is 9.94. The maximum Gasteiger partial charge on any atom is 0.232 e. The van der Waals surface area contributed by atoms with Gasteiger partial charge in [-0.1, -0.05) is 34.6 Å². The zero-order valence-electron chi connectivity index (χ0n) is 17.7. The molecule has 1 N–H and O–H groups in total. The monoisotopic (exact) mass is 393 g/mol. The van der Waals surface area contributed by atoms with E-state index in [9.17, 15) is 10.1 Å². The highest BCUT2D eigenvalue weighted by atomic mass is 16.5. The molecule has 0 saturated carbocycles. The molecule has 0 saturated heterocycles. The predicted molar refractivity (Wildman–Crippen MR) is 113 cm³/mol. The van der Waals surface area contributed by atoms with E-state index in [1.165, 1.54) is 0 Å². The maximum absolute atomic E-state index is 12.9. The van der Waals surface area contributed by atoms with E-state index in [4.69, 9.17) is 4.74 Å². The SMILES string of the molecule is CCc1nnc(Nc2ccc3c(c2)N(C(=O)C(C)(C)C)CCO3)c(C#N)c1CC. The molecule has 7 nitrogen and oxygen atoms in total. The molecule has 0 aliphatic carbocycles. The topological polar surface area (TPSA) is 91.1 Å². The van der Waals surface area contributed by atoms with Crippen molar-refractivity contribution >= 4 is 23.1 Å². The van der Waals surface area contributed by atoms with Crippen LogP contribution < -0.4 is 15.0 Å². The van der Waals surface area contributed by atoms with E-state index in [1.54, 1.807) is 4.90 Å². The van der Waals surface area contributed by atoms with Gasteiger partial charge in [0.1, 0.15) is 24.0 Å². The van der Waals surface area contributed by atoms with Crippen LogP contribution in [-0.2, 0) is 17.6 Å². The number of ether oxygens (including phenoxy) is 1. The van der Waals surface area contributed by atoms with Gasteiger partial charge < -0.3 is 15.0 Å². The molecule has 1 aromatic heterocycles. The summed E-state index contributed by atoms with van der Waals surface area (Å²) >= 11 is 0. The molecule has 2 aromatic rings. The molecule has 0 spiro atoms. The van der Waals surface area contributed by atoms with E-state index in [1.807, 2.05) is 52.8 Å². The van der Waals surface area contributed by atoms with Crippen molar-refractivity contribution in [3.05, 3.63) is 35.0 Å². The van der Waals surface area contributed by atoms with Crippen LogP contribution in [0.5, 0.6) is 5.75 Å². The Morgan fingerprint density at radius 3 is 2.66 bits per heavy atom. The summed E-state index contributed by atoms with van der Waals surface area (Å²) in [6.07, 6.45) is 1.44. The summed E-state index contributed by atoms with van der Waals surface area (Å²) < 4.78 is 5.73. The van der Waals surface area contributed by atoms with Crippen LogP contribution in [0.1, 0.15) is 51.4 Å². The highest BCUT2D eigenvalue weighted by Crippen LogP contribution is 2.37. The van der Waals surface area contributed by atoms with E-state index in [-0.39, 0.29) is 5.91 Å². The minimum absolute atomic E-state index is 0.0391. The Bertz CT molecular complexity index is 972. The van der Waals surface area contributed by atoms with Gasteiger partial charge in [0.05, 0.1) is 17.9 Å². The molecule has 0 fully saturated rings. The average molecular weight is 393 g/mol. The van der Waals surface area contributed by atoms with Crippen molar-refractivity contribution in [2.75, 3.05) is 23.4 Å². The van der Waals surface area contributed by atoms with Crippen LogP contribution in [0.15, 0.2) is 18.2 Å². The number of aryl methyl sites for hydroxylation is 1. The van der Waals surface area contributed by atoms with Gasteiger partial charge in [-0.25, -0.2) is 0 Å². The number of nitriles is 1. The summed E-state index contributed by atoms with van der Waals surface area (Å²) in [5.74, 6) is 1.13. The number of nitrogens with zero attached hydrogens (tertiary/aromatic N) is 4. The first-order valence-corrected chi connectivity index (χ1v) is 9.94. The van der Waals surface area contributed by atoms with Crippen molar-refractivity contribution in [1.82, 2.24) is 10.2 Å². The second-order valence-corrected chi connectivity index (χ2v) is 8.03. The molecule has 0 bridgehead atoms. The Labute approximate surface area is 171 Å². The number of carbonyl (C=O) groups is 1. The molecule has 2 heterocycles. The normalized spacial score (nSPS) is 13.3. The van der Waals surface area contributed by atoms with Crippen LogP contribution >= 0.6 is 0 Å². The van der Waals surface area contributed by atoms with Gasteiger partial charge in [-0.05, 0) is 36.6 Å². The molecule has 0 unspecified atom stereocenters. The minimum atomic E-state index is -0.497. The van der Waals surface area contributed by atoms with Gasteiger partial charge in [0.25, 0.3) is 0 Å². The second-order valence-electron chi connectivity index (χ2n) is 8.03. The first-order valence-electron chi connectivity index (χ1n) is 9.94. The Kier molecular flexibility index (Phi) is 5.73. The third-order valence-corrected chi connectivity index (χ3v) is 4.93. The van der Waals surface area contributed by atoms with E-state index < -0.39 is 5.41 Å². The zero-order valence-corrected chi connectivity index (χ0v) is 17.7. The zero-order chi connectivity index (χ0) is 21.2. The van der Waals surface area contributed by atoms with Crippen molar-refractivity contribution in [2.45, 2.75) is 47.5 Å². The predicted octanol–water partition coefficient (Wildman–Crippen LogP) is 3.99. The highest BCUT2D eigenvalue weighted by Gasteiger charge is 2.32. The molecule has 7 heteroatoms. The fourth-order valence-corrected chi connectivity index (χ4v) is 3.43. The molecule has 1 amide bonds. The molecule has 0 atom stereocenters. The van der Waals surface area contributed by atoms with E-state index in [0.717, 1.165) is 23.4 Å². The number of carbonyl (C=O) groups excluding carboxylic acids is 1. The number of aromatic nitrogens is 2. The Morgan fingerprint density at radius 1 is 1.28 bits per heavy atom. The minimum Gasteiger partial charge on any atom is -0.490 e. The van der Waals surface area contributed by atoms with Gasteiger partial charge in [-0.3, -0.25) is 4.79 Å². The molecule has 0 radical (unpaired) electrons. The van der Waals surface area contributed by atoms with Gasteiger partial charge in [-0.2, -0.15) is 10.4 Å². The van der Waals surface area contributed by atoms with Gasteiger partial charge in [-0.15, -0.1) is 5.10 Å². The number of anilines is 3. The third-order valence-electron chi connectivity index (χ3n) is 4.93. The summed E-state index contributed by atoms with van der Waals surface area (Å²) in [5.41, 5.74) is 3.21. The highest BCUT2D eigenvalue weighted by molar-refractivity contribution is 5.99. The van der Waals surface area contributed by atoms with Crippen LogP contribution in [0.2, 0.25) is 0 Å². The Hall–Kier alpha value is -3.14. The van der Waals surface area contributed by atoms with Gasteiger partial charge in [0.15, 0.2) is 5.82 Å². The fraction of sp³-hybridized carbons (Fsp3) is 0.455. The summed E-state index contributed by atoms with van der Waals surface area (Å²) in [5, 5.41) is 21.4. The lowest BCUT2D eigenvalue weighted by Gasteiger charge is -2.34. The van der Waals surface area contributed by atoms with E-state index in [2.05, 4.69) is 21.6 Å². The van der Waals surface area contributed by atoms with Gasteiger partial charge >= 0.3 is 0 Å². The summed E-state index contributed by atoms with van der Waals surface area (Å²) in [7, 11) is 0. The van der Waals surface area contributed by atoms with Crippen LogP contribution in [0.4, 0.5) is 17.2 Å². The summed E-state index contributed by atoms with van der Waals surface area (Å²) in [6, 6.07) is 7.81. The van der Waals surface area contributed by atoms with Crippen molar-refractivity contribution < 1.29 is 9.53 Å². The average Bonchev–Trinajstić information content (AvgIpc) is 2.71. The maximum atomic E-state index is 12.9. The first-order chi connectivity index (χ1) is 13.8. The number of benzene rings is 1. The second kappa shape index (κ2) is 8.08. The molecule has 1 aromatic carbocycles. The molecule has 1 aliphatic rings. The molecule has 29 heavy (non-hydrogen) atoms. The van der Waals surface area contributed by atoms with E-state index in [0.29, 0.717) is 42.4 Å². The first kappa shape index (κ1) is 20.6. The van der Waals surface area contributed by atoms with Crippen molar-refractivity contribution in [2.24, 2.45) is 5.41 Å².